The van der Waals surface area contributed by atoms with E-state index in [2.05, 4.69) is 20.8 Å². The van der Waals surface area contributed by atoms with Crippen molar-refractivity contribution in [3.63, 3.8) is 0 Å². The Morgan fingerprint density at radius 2 is 2.00 bits per heavy atom. The molecule has 0 spiro atoms. The summed E-state index contributed by atoms with van der Waals surface area (Å²) in [4.78, 5) is 12.7. The predicted octanol–water partition coefficient (Wildman–Crippen LogP) is 3.36. The number of benzene rings is 2. The number of aliphatic hydroxyl groups is 1. The molecule has 2 aromatic carbocycles. The molecule has 0 saturated heterocycles. The number of hydrogen-bond donors (Lipinski definition) is 2. The summed E-state index contributed by atoms with van der Waals surface area (Å²) in [5.74, 6) is -0.268. The van der Waals surface area contributed by atoms with E-state index in [1.807, 2.05) is 13.8 Å². The minimum atomic E-state index is -0.509. The van der Waals surface area contributed by atoms with Gasteiger partial charge in [-0.05, 0) is 59.3 Å². The molecule has 3 rings (SSSR count). The maximum absolute atomic E-state index is 14.6. The minimum Gasteiger partial charge on any atom is -0.394 e. The summed E-state index contributed by atoms with van der Waals surface area (Å²) in [5, 5.41) is 24.0. The number of aliphatic hydroxyl groups excluding tert-OH is 1. The smallest absolute Gasteiger partial charge is 0.251 e. The SMILES string of the molecule is CC(CO)NC(=O)c1cc(-c2ccc(Cl)cc2F)cc(-n2nnnc2C(C)C)c1. The molecule has 9 heteroatoms. The average molecular weight is 418 g/mol. The molecule has 3 aromatic rings. The van der Waals surface area contributed by atoms with E-state index in [0.29, 0.717) is 22.6 Å². The summed E-state index contributed by atoms with van der Waals surface area (Å²) in [6.45, 7) is 5.37. The van der Waals surface area contributed by atoms with Crippen LogP contribution in [0.4, 0.5) is 4.39 Å². The van der Waals surface area contributed by atoms with Crippen LogP contribution in [0.15, 0.2) is 36.4 Å². The van der Waals surface area contributed by atoms with Gasteiger partial charge in [0.2, 0.25) is 0 Å². The third kappa shape index (κ3) is 4.60. The molecule has 0 fully saturated rings. The number of hydrogen-bond acceptors (Lipinski definition) is 5. The second kappa shape index (κ2) is 8.67. The van der Waals surface area contributed by atoms with Crippen molar-refractivity contribution >= 4 is 17.5 Å². The number of nitrogens with one attached hydrogen (secondary N) is 1. The lowest BCUT2D eigenvalue weighted by Gasteiger charge is -2.15. The Bertz CT molecular complexity index is 1040. The number of aromatic nitrogens is 4. The predicted molar refractivity (Wildman–Crippen MR) is 108 cm³/mol. The van der Waals surface area contributed by atoms with E-state index in [9.17, 15) is 14.3 Å². The molecule has 1 atom stereocenters. The molecule has 7 nitrogen and oxygen atoms in total. The van der Waals surface area contributed by atoms with Gasteiger partial charge in [-0.2, -0.15) is 4.68 Å². The molecule has 0 bridgehead atoms. The topological polar surface area (TPSA) is 92.9 Å². The Kier molecular flexibility index (Phi) is 6.24. The first-order chi connectivity index (χ1) is 13.8. The number of carbonyl (C=O) groups is 1. The second-order valence-electron chi connectivity index (χ2n) is 7.05. The van der Waals surface area contributed by atoms with Crippen molar-refractivity contribution in [3.8, 4) is 16.8 Å². The maximum Gasteiger partial charge on any atom is 0.251 e. The minimum absolute atomic E-state index is 0.0348. The van der Waals surface area contributed by atoms with Crippen LogP contribution in [0, 0.1) is 5.82 Å². The number of tetrazole rings is 1. The first kappa shape index (κ1) is 20.9. The van der Waals surface area contributed by atoms with Gasteiger partial charge < -0.3 is 10.4 Å². The highest BCUT2D eigenvalue weighted by atomic mass is 35.5. The highest BCUT2D eigenvalue weighted by Gasteiger charge is 2.18. The van der Waals surface area contributed by atoms with Crippen molar-refractivity contribution in [1.82, 2.24) is 25.5 Å². The zero-order valence-corrected chi connectivity index (χ0v) is 17.0. The van der Waals surface area contributed by atoms with E-state index < -0.39 is 17.8 Å². The molecule has 1 heterocycles. The average Bonchev–Trinajstić information content (AvgIpc) is 3.17. The molecule has 152 valence electrons. The van der Waals surface area contributed by atoms with Gasteiger partial charge in [0.1, 0.15) is 5.82 Å². The standard InChI is InChI=1S/C20H21ClFN5O2/c1-11(2)19-24-25-26-27(19)16-7-13(17-5-4-15(21)9-18(17)22)6-14(8-16)20(29)23-12(3)10-28/h4-9,11-12,28H,10H2,1-3H3,(H,23,29). The molecule has 0 radical (unpaired) electrons. The molecule has 1 amide bonds. The lowest BCUT2D eigenvalue weighted by atomic mass is 10.0. The van der Waals surface area contributed by atoms with Crippen LogP contribution in [-0.2, 0) is 0 Å². The lowest BCUT2D eigenvalue weighted by Crippen LogP contribution is -2.35. The van der Waals surface area contributed by atoms with Crippen LogP contribution in [-0.4, -0.2) is 43.9 Å². The van der Waals surface area contributed by atoms with Crippen molar-refractivity contribution in [2.24, 2.45) is 0 Å². The van der Waals surface area contributed by atoms with E-state index in [0.717, 1.165) is 0 Å². The molecule has 0 aliphatic heterocycles. The second-order valence-corrected chi connectivity index (χ2v) is 7.49. The number of carbonyl (C=O) groups excluding carboxylic acids is 1. The molecule has 1 aromatic heterocycles. The monoisotopic (exact) mass is 417 g/mol. The third-order valence-electron chi connectivity index (χ3n) is 4.33. The number of halogens is 2. The summed E-state index contributed by atoms with van der Waals surface area (Å²) < 4.78 is 16.1. The maximum atomic E-state index is 14.6. The summed E-state index contributed by atoms with van der Waals surface area (Å²) in [6.07, 6.45) is 0. The lowest BCUT2D eigenvalue weighted by molar-refractivity contribution is 0.0922. The highest BCUT2D eigenvalue weighted by molar-refractivity contribution is 6.30. The van der Waals surface area contributed by atoms with Crippen LogP contribution in [0.1, 0.15) is 42.9 Å². The fraction of sp³-hybridized carbons (Fsp3) is 0.300. The van der Waals surface area contributed by atoms with Crippen LogP contribution < -0.4 is 5.32 Å². The van der Waals surface area contributed by atoms with E-state index >= 15 is 0 Å². The first-order valence-corrected chi connectivity index (χ1v) is 9.48. The Morgan fingerprint density at radius 3 is 2.66 bits per heavy atom. The van der Waals surface area contributed by atoms with Crippen LogP contribution in [0.3, 0.4) is 0 Å². The van der Waals surface area contributed by atoms with Crippen LogP contribution in [0.5, 0.6) is 0 Å². The Balaban J connectivity index is 2.16. The molecule has 0 saturated carbocycles. The van der Waals surface area contributed by atoms with Crippen molar-refractivity contribution in [1.29, 1.82) is 0 Å². The van der Waals surface area contributed by atoms with E-state index in [4.69, 9.17) is 11.6 Å². The summed E-state index contributed by atoms with van der Waals surface area (Å²) in [7, 11) is 0. The van der Waals surface area contributed by atoms with Crippen molar-refractivity contribution in [2.45, 2.75) is 32.7 Å². The van der Waals surface area contributed by atoms with Gasteiger partial charge >= 0.3 is 0 Å². The van der Waals surface area contributed by atoms with Gasteiger partial charge in [-0.3, -0.25) is 4.79 Å². The van der Waals surface area contributed by atoms with Gasteiger partial charge in [-0.1, -0.05) is 25.4 Å². The fourth-order valence-corrected chi connectivity index (χ4v) is 2.99. The molecule has 29 heavy (non-hydrogen) atoms. The van der Waals surface area contributed by atoms with Gasteiger partial charge in [-0.15, -0.1) is 5.10 Å². The molecule has 1 unspecified atom stereocenters. The number of rotatable bonds is 6. The normalized spacial score (nSPS) is 12.2. The van der Waals surface area contributed by atoms with Crippen molar-refractivity contribution in [3.05, 3.63) is 58.6 Å². The van der Waals surface area contributed by atoms with Gasteiger partial charge in [0, 0.05) is 28.1 Å². The Labute approximate surface area is 172 Å². The molecule has 0 aliphatic carbocycles. The Morgan fingerprint density at radius 1 is 1.24 bits per heavy atom. The molecular formula is C20H21ClFN5O2. The fourth-order valence-electron chi connectivity index (χ4n) is 2.83. The summed E-state index contributed by atoms with van der Waals surface area (Å²) >= 11 is 5.87. The van der Waals surface area contributed by atoms with Crippen molar-refractivity contribution < 1.29 is 14.3 Å². The highest BCUT2D eigenvalue weighted by Crippen LogP contribution is 2.29. The van der Waals surface area contributed by atoms with Crippen LogP contribution in [0.2, 0.25) is 5.02 Å². The first-order valence-electron chi connectivity index (χ1n) is 9.11. The van der Waals surface area contributed by atoms with E-state index in [-0.39, 0.29) is 23.1 Å². The van der Waals surface area contributed by atoms with Gasteiger partial charge in [0.15, 0.2) is 5.82 Å². The molecular weight excluding hydrogens is 397 g/mol. The van der Waals surface area contributed by atoms with Crippen LogP contribution >= 0.6 is 11.6 Å². The van der Waals surface area contributed by atoms with E-state index in [1.165, 1.54) is 10.7 Å². The van der Waals surface area contributed by atoms with Gasteiger partial charge in [0.05, 0.1) is 12.3 Å². The quantitative estimate of drug-likeness (QED) is 0.641. The number of nitrogens with zero attached hydrogens (tertiary/aromatic N) is 4. The van der Waals surface area contributed by atoms with Gasteiger partial charge in [0.25, 0.3) is 5.91 Å². The summed E-state index contributed by atoms with van der Waals surface area (Å²) in [5.41, 5.74) is 1.58. The number of amides is 1. The molecule has 0 aliphatic rings. The largest absolute Gasteiger partial charge is 0.394 e. The summed E-state index contributed by atoms with van der Waals surface area (Å²) in [6, 6.07) is 8.83. The van der Waals surface area contributed by atoms with Gasteiger partial charge in [-0.25, -0.2) is 4.39 Å². The zero-order chi connectivity index (χ0) is 21.1. The third-order valence-corrected chi connectivity index (χ3v) is 4.56. The van der Waals surface area contributed by atoms with E-state index in [1.54, 1.807) is 37.3 Å². The Hall–Kier alpha value is -2.84. The van der Waals surface area contributed by atoms with Crippen molar-refractivity contribution in [2.75, 3.05) is 6.61 Å². The van der Waals surface area contributed by atoms with Crippen LogP contribution in [0.25, 0.3) is 16.8 Å². The molecule has 2 N–H and O–H groups in total. The zero-order valence-electron chi connectivity index (χ0n) is 16.2.